The van der Waals surface area contributed by atoms with Crippen LogP contribution in [0, 0.1) is 6.92 Å². The summed E-state index contributed by atoms with van der Waals surface area (Å²) >= 11 is 2.36. The van der Waals surface area contributed by atoms with Gasteiger partial charge in [0.1, 0.15) is 14.6 Å². The molecule has 136 valence electrons. The molecular formula is C17H16N2O5S2. The van der Waals surface area contributed by atoms with E-state index in [4.69, 9.17) is 9.47 Å². The lowest BCUT2D eigenvalue weighted by Gasteiger charge is -2.11. The van der Waals surface area contributed by atoms with Gasteiger partial charge in [-0.2, -0.15) is 0 Å². The zero-order chi connectivity index (χ0) is 18.8. The molecule has 0 fully saturated rings. The van der Waals surface area contributed by atoms with Gasteiger partial charge in [-0.15, -0.1) is 22.7 Å². The number of hydrogen-bond donors (Lipinski definition) is 1. The number of thiophene rings is 2. The number of aryl methyl sites for hydroxylation is 1. The molecule has 3 aromatic rings. The monoisotopic (exact) mass is 392 g/mol. The summed E-state index contributed by atoms with van der Waals surface area (Å²) in [4.78, 5) is 44.8. The van der Waals surface area contributed by atoms with E-state index >= 15 is 0 Å². The average molecular weight is 392 g/mol. The molecule has 0 aliphatic rings. The summed E-state index contributed by atoms with van der Waals surface area (Å²) in [5, 5.41) is 2.12. The van der Waals surface area contributed by atoms with Crippen molar-refractivity contribution in [3.8, 4) is 0 Å². The van der Waals surface area contributed by atoms with E-state index in [1.165, 1.54) is 11.3 Å². The van der Waals surface area contributed by atoms with Gasteiger partial charge in [-0.25, -0.2) is 14.6 Å². The summed E-state index contributed by atoms with van der Waals surface area (Å²) in [6.07, 6.45) is -0.741. The van der Waals surface area contributed by atoms with Crippen molar-refractivity contribution < 1.29 is 19.1 Å². The second kappa shape index (κ2) is 7.38. The Hall–Kier alpha value is -2.52. The Balaban J connectivity index is 1.94. The molecule has 0 aromatic carbocycles. The Morgan fingerprint density at radius 3 is 2.77 bits per heavy atom. The Labute approximate surface area is 156 Å². The lowest BCUT2D eigenvalue weighted by Crippen LogP contribution is -2.17. The molecule has 0 aliphatic carbocycles. The van der Waals surface area contributed by atoms with Gasteiger partial charge in [0, 0.05) is 0 Å². The Morgan fingerprint density at radius 2 is 2.12 bits per heavy atom. The first-order valence-electron chi connectivity index (χ1n) is 7.87. The van der Waals surface area contributed by atoms with Crippen LogP contribution in [0.4, 0.5) is 0 Å². The normalized spacial score (nSPS) is 12.1. The topological polar surface area (TPSA) is 98.3 Å². The second-order valence-corrected chi connectivity index (χ2v) is 7.38. The molecule has 0 saturated carbocycles. The average Bonchev–Trinajstić information content (AvgIpc) is 3.23. The predicted octanol–water partition coefficient (Wildman–Crippen LogP) is 3.45. The first-order chi connectivity index (χ1) is 12.4. The van der Waals surface area contributed by atoms with Crippen molar-refractivity contribution in [2.75, 3.05) is 6.61 Å². The number of carbonyl (C=O) groups excluding carboxylic acids is 2. The molecule has 3 rings (SSSR count). The number of hydrogen-bond acceptors (Lipinski definition) is 8. The van der Waals surface area contributed by atoms with Crippen LogP contribution in [0.1, 0.15) is 50.7 Å². The van der Waals surface area contributed by atoms with Crippen molar-refractivity contribution in [1.29, 1.82) is 0 Å². The van der Waals surface area contributed by atoms with E-state index in [0.29, 0.717) is 25.5 Å². The van der Waals surface area contributed by atoms with Gasteiger partial charge in [-0.3, -0.25) is 4.79 Å². The highest BCUT2D eigenvalue weighted by molar-refractivity contribution is 7.20. The number of esters is 2. The Morgan fingerprint density at radius 1 is 1.35 bits per heavy atom. The minimum absolute atomic E-state index is 0.226. The van der Waals surface area contributed by atoms with E-state index < -0.39 is 18.0 Å². The molecular weight excluding hydrogens is 376 g/mol. The summed E-state index contributed by atoms with van der Waals surface area (Å²) in [5.74, 6) is -0.736. The van der Waals surface area contributed by atoms with Crippen molar-refractivity contribution in [3.05, 3.63) is 49.0 Å². The van der Waals surface area contributed by atoms with E-state index in [1.807, 2.05) is 0 Å². The zero-order valence-corrected chi connectivity index (χ0v) is 16.0. The summed E-state index contributed by atoms with van der Waals surface area (Å²) in [6.45, 7) is 5.27. The smallest absolute Gasteiger partial charge is 0.349 e. The highest BCUT2D eigenvalue weighted by atomic mass is 32.1. The molecule has 0 unspecified atom stereocenters. The molecule has 0 radical (unpaired) electrons. The quantitative estimate of drug-likeness (QED) is 0.668. The van der Waals surface area contributed by atoms with Crippen molar-refractivity contribution in [2.45, 2.75) is 26.9 Å². The van der Waals surface area contributed by atoms with Gasteiger partial charge in [-0.05, 0) is 37.8 Å². The zero-order valence-electron chi connectivity index (χ0n) is 14.3. The van der Waals surface area contributed by atoms with Gasteiger partial charge in [0.2, 0.25) is 0 Å². The number of rotatable bonds is 5. The minimum Gasteiger partial charge on any atom is -0.462 e. The minimum atomic E-state index is -0.741. The maximum atomic E-state index is 12.5. The highest BCUT2D eigenvalue weighted by Gasteiger charge is 2.22. The number of H-pyrrole nitrogens is 1. The van der Waals surface area contributed by atoms with Crippen LogP contribution < -0.4 is 5.56 Å². The van der Waals surface area contributed by atoms with Crippen molar-refractivity contribution in [3.63, 3.8) is 0 Å². The van der Waals surface area contributed by atoms with E-state index in [-0.39, 0.29) is 18.0 Å². The number of nitrogens with zero attached hydrogens (tertiary/aromatic N) is 1. The van der Waals surface area contributed by atoms with E-state index in [9.17, 15) is 14.4 Å². The third kappa shape index (κ3) is 3.40. The lowest BCUT2D eigenvalue weighted by atomic mass is 10.2. The molecule has 1 N–H and O–H groups in total. The van der Waals surface area contributed by atoms with Crippen LogP contribution >= 0.6 is 22.7 Å². The third-order valence-corrected chi connectivity index (χ3v) is 5.69. The van der Waals surface area contributed by atoms with Crippen LogP contribution in [0.15, 0.2) is 22.3 Å². The number of aromatic amines is 1. The van der Waals surface area contributed by atoms with Crippen molar-refractivity contribution >= 4 is 44.8 Å². The SMILES string of the molecule is CCOC(=O)c1sc2nc([C@H](C)OC(=O)c3cccs3)[nH]c(=O)c2c1C. The summed E-state index contributed by atoms with van der Waals surface area (Å²) < 4.78 is 10.4. The molecule has 0 bridgehead atoms. The molecule has 26 heavy (non-hydrogen) atoms. The summed E-state index contributed by atoms with van der Waals surface area (Å²) in [6, 6.07) is 3.41. The molecule has 0 amide bonds. The first-order valence-corrected chi connectivity index (χ1v) is 9.56. The van der Waals surface area contributed by atoms with Crippen LogP contribution in [0.5, 0.6) is 0 Å². The third-order valence-electron chi connectivity index (χ3n) is 3.67. The summed E-state index contributed by atoms with van der Waals surface area (Å²) in [5.41, 5.74) is 0.153. The van der Waals surface area contributed by atoms with Crippen LogP contribution in [-0.4, -0.2) is 28.5 Å². The van der Waals surface area contributed by atoms with Crippen molar-refractivity contribution in [1.82, 2.24) is 9.97 Å². The summed E-state index contributed by atoms with van der Waals surface area (Å²) in [7, 11) is 0. The van der Waals surface area contributed by atoms with Crippen LogP contribution in [-0.2, 0) is 9.47 Å². The number of fused-ring (bicyclic) bond motifs is 1. The number of nitrogens with one attached hydrogen (secondary N) is 1. The van der Waals surface area contributed by atoms with E-state index in [1.54, 1.807) is 38.3 Å². The predicted molar refractivity (Wildman–Crippen MR) is 99.1 cm³/mol. The largest absolute Gasteiger partial charge is 0.462 e. The molecule has 0 aliphatic heterocycles. The highest BCUT2D eigenvalue weighted by Crippen LogP contribution is 2.28. The van der Waals surface area contributed by atoms with Gasteiger partial charge in [-0.1, -0.05) is 6.07 Å². The first kappa shape index (κ1) is 18.3. The van der Waals surface area contributed by atoms with Crippen LogP contribution in [0.25, 0.3) is 10.2 Å². The maximum absolute atomic E-state index is 12.5. The fourth-order valence-corrected chi connectivity index (χ4v) is 4.10. The van der Waals surface area contributed by atoms with Crippen LogP contribution in [0.2, 0.25) is 0 Å². The maximum Gasteiger partial charge on any atom is 0.349 e. The van der Waals surface area contributed by atoms with Gasteiger partial charge < -0.3 is 14.5 Å². The number of ether oxygens (including phenoxy) is 2. The van der Waals surface area contributed by atoms with Gasteiger partial charge in [0.25, 0.3) is 5.56 Å². The Bertz CT molecular complexity index is 1020. The second-order valence-electron chi connectivity index (χ2n) is 5.43. The molecule has 3 aromatic heterocycles. The number of carbonyl (C=O) groups is 2. The molecule has 0 spiro atoms. The Kier molecular flexibility index (Phi) is 5.19. The van der Waals surface area contributed by atoms with Crippen LogP contribution in [0.3, 0.4) is 0 Å². The molecule has 9 heteroatoms. The molecule has 7 nitrogen and oxygen atoms in total. The van der Waals surface area contributed by atoms with Gasteiger partial charge >= 0.3 is 11.9 Å². The lowest BCUT2D eigenvalue weighted by molar-refractivity contribution is 0.0325. The number of aromatic nitrogens is 2. The molecule has 0 saturated heterocycles. The van der Waals surface area contributed by atoms with E-state index in [2.05, 4.69) is 9.97 Å². The van der Waals surface area contributed by atoms with Gasteiger partial charge in [0.15, 0.2) is 11.9 Å². The molecule has 1 atom stereocenters. The van der Waals surface area contributed by atoms with Gasteiger partial charge in [0.05, 0.1) is 12.0 Å². The van der Waals surface area contributed by atoms with E-state index in [0.717, 1.165) is 11.3 Å². The van der Waals surface area contributed by atoms with Crippen molar-refractivity contribution in [2.24, 2.45) is 0 Å². The standard InChI is InChI=1S/C17H16N2O5S2/c1-4-23-17(22)12-8(2)11-14(20)18-13(19-15(11)26-12)9(3)24-16(21)10-6-5-7-25-10/h5-7,9H,4H2,1-3H3,(H,18,19,20)/t9-/m0/s1. The fraction of sp³-hybridized carbons (Fsp3) is 0.294. The molecule has 3 heterocycles. The fourth-order valence-electron chi connectivity index (χ4n) is 2.41.